The van der Waals surface area contributed by atoms with E-state index in [1.807, 2.05) is 0 Å². The number of nitrogens with two attached hydrogens (primary N) is 1. The van der Waals surface area contributed by atoms with Crippen molar-refractivity contribution in [3.05, 3.63) is 29.3 Å². The van der Waals surface area contributed by atoms with Gasteiger partial charge in [0, 0.05) is 11.3 Å². The van der Waals surface area contributed by atoms with Gasteiger partial charge in [-0.1, -0.05) is 5.92 Å². The van der Waals surface area contributed by atoms with Gasteiger partial charge in [0.05, 0.1) is 12.2 Å². The normalized spacial score (nSPS) is 9.14. The van der Waals surface area contributed by atoms with Crippen LogP contribution in [0.5, 0.6) is 0 Å². The van der Waals surface area contributed by atoms with E-state index in [-0.39, 0.29) is 5.97 Å². The summed E-state index contributed by atoms with van der Waals surface area (Å²) < 4.78 is 4.82. The van der Waals surface area contributed by atoms with Gasteiger partial charge < -0.3 is 10.5 Å². The van der Waals surface area contributed by atoms with E-state index < -0.39 is 0 Å². The Bertz CT molecular complexity index is 391. The molecule has 1 rings (SSSR count). The predicted molar refractivity (Wildman–Crippen MR) is 54.7 cm³/mol. The number of esters is 1. The van der Waals surface area contributed by atoms with E-state index in [4.69, 9.17) is 16.9 Å². The molecule has 2 N–H and O–H groups in total. The van der Waals surface area contributed by atoms with Crippen LogP contribution in [0.15, 0.2) is 18.2 Å². The van der Waals surface area contributed by atoms with Gasteiger partial charge >= 0.3 is 5.97 Å². The second kappa shape index (κ2) is 4.33. The Kier molecular flexibility index (Phi) is 3.14. The van der Waals surface area contributed by atoms with E-state index in [0.717, 1.165) is 0 Å². The van der Waals surface area contributed by atoms with Gasteiger partial charge in [-0.2, -0.15) is 0 Å². The number of anilines is 1. The summed E-state index contributed by atoms with van der Waals surface area (Å²) in [5.74, 6) is 2.01. The average Bonchev–Trinajstić information content (AvgIpc) is 2.19. The van der Waals surface area contributed by atoms with Crippen molar-refractivity contribution in [2.24, 2.45) is 0 Å². The van der Waals surface area contributed by atoms with Crippen molar-refractivity contribution in [3.63, 3.8) is 0 Å². The number of benzene rings is 1. The van der Waals surface area contributed by atoms with E-state index in [9.17, 15) is 4.79 Å². The standard InChI is InChI=1S/C11H11NO2/c1-3-8-7-9(5-6-10(8)12)11(13)14-4-2/h1,5-7H,4,12H2,2H3. The number of terminal acetylenes is 1. The number of carbonyl (C=O) groups excluding carboxylic acids is 1. The molecule has 0 bridgehead atoms. The maximum atomic E-state index is 11.3. The molecule has 72 valence electrons. The molecule has 0 aliphatic heterocycles. The maximum Gasteiger partial charge on any atom is 0.338 e. The number of hydrogen-bond acceptors (Lipinski definition) is 3. The highest BCUT2D eigenvalue weighted by molar-refractivity contribution is 5.90. The van der Waals surface area contributed by atoms with Crippen LogP contribution in [0.1, 0.15) is 22.8 Å². The lowest BCUT2D eigenvalue weighted by Gasteiger charge is -2.03. The molecule has 3 heteroatoms. The molecule has 1 aromatic carbocycles. The van der Waals surface area contributed by atoms with Crippen molar-refractivity contribution in [1.82, 2.24) is 0 Å². The lowest BCUT2D eigenvalue weighted by Crippen LogP contribution is -2.05. The molecule has 0 aromatic heterocycles. The van der Waals surface area contributed by atoms with E-state index in [2.05, 4.69) is 5.92 Å². The van der Waals surface area contributed by atoms with E-state index in [0.29, 0.717) is 23.4 Å². The molecule has 0 aliphatic rings. The smallest absolute Gasteiger partial charge is 0.338 e. The van der Waals surface area contributed by atoms with E-state index in [1.54, 1.807) is 25.1 Å². The second-order valence-corrected chi connectivity index (χ2v) is 2.67. The number of rotatable bonds is 2. The highest BCUT2D eigenvalue weighted by Crippen LogP contribution is 2.13. The molecular formula is C11H11NO2. The fourth-order valence-corrected chi connectivity index (χ4v) is 1.02. The third-order valence-electron chi connectivity index (χ3n) is 1.72. The topological polar surface area (TPSA) is 52.3 Å². The maximum absolute atomic E-state index is 11.3. The second-order valence-electron chi connectivity index (χ2n) is 2.67. The van der Waals surface area contributed by atoms with Crippen molar-refractivity contribution in [1.29, 1.82) is 0 Å². The summed E-state index contributed by atoms with van der Waals surface area (Å²) in [6, 6.07) is 4.74. The minimum atomic E-state index is -0.385. The summed E-state index contributed by atoms with van der Waals surface area (Å²) >= 11 is 0. The summed E-state index contributed by atoms with van der Waals surface area (Å²) in [5, 5.41) is 0. The van der Waals surface area contributed by atoms with Gasteiger partial charge in [-0.3, -0.25) is 0 Å². The number of ether oxygens (including phenoxy) is 1. The first-order chi connectivity index (χ1) is 6.69. The van der Waals surface area contributed by atoms with Gasteiger partial charge in [-0.25, -0.2) is 4.79 Å². The molecule has 0 saturated carbocycles. The lowest BCUT2D eigenvalue weighted by molar-refractivity contribution is 0.0526. The van der Waals surface area contributed by atoms with Crippen LogP contribution in [-0.2, 0) is 4.74 Å². The Morgan fingerprint density at radius 2 is 2.36 bits per heavy atom. The zero-order valence-electron chi connectivity index (χ0n) is 7.91. The lowest BCUT2D eigenvalue weighted by atomic mass is 10.1. The number of carbonyl (C=O) groups is 1. The Balaban J connectivity index is 3.02. The Labute approximate surface area is 82.9 Å². The van der Waals surface area contributed by atoms with Gasteiger partial charge in [0.1, 0.15) is 0 Å². The molecule has 0 heterocycles. The van der Waals surface area contributed by atoms with Gasteiger partial charge in [0.2, 0.25) is 0 Å². The van der Waals surface area contributed by atoms with Gasteiger partial charge in [-0.15, -0.1) is 6.42 Å². The fourth-order valence-electron chi connectivity index (χ4n) is 1.02. The molecular weight excluding hydrogens is 178 g/mol. The predicted octanol–water partition coefficient (Wildman–Crippen LogP) is 1.43. The summed E-state index contributed by atoms with van der Waals surface area (Å²) in [5.41, 5.74) is 7.00. The molecule has 3 nitrogen and oxygen atoms in total. The van der Waals surface area contributed by atoms with Crippen molar-refractivity contribution in [2.45, 2.75) is 6.92 Å². The SMILES string of the molecule is C#Cc1cc(C(=O)OCC)ccc1N. The van der Waals surface area contributed by atoms with Crippen LogP contribution >= 0.6 is 0 Å². The Morgan fingerprint density at radius 1 is 1.64 bits per heavy atom. The highest BCUT2D eigenvalue weighted by Gasteiger charge is 2.07. The Morgan fingerprint density at radius 3 is 2.93 bits per heavy atom. The molecule has 0 saturated heterocycles. The molecule has 14 heavy (non-hydrogen) atoms. The number of hydrogen-bond donors (Lipinski definition) is 1. The third-order valence-corrected chi connectivity index (χ3v) is 1.72. The highest BCUT2D eigenvalue weighted by atomic mass is 16.5. The quantitative estimate of drug-likeness (QED) is 0.435. The summed E-state index contributed by atoms with van der Waals surface area (Å²) in [6.07, 6.45) is 5.21. The van der Waals surface area contributed by atoms with Crippen molar-refractivity contribution in [2.75, 3.05) is 12.3 Å². The average molecular weight is 189 g/mol. The van der Waals surface area contributed by atoms with Crippen molar-refractivity contribution in [3.8, 4) is 12.3 Å². The van der Waals surface area contributed by atoms with Crippen LogP contribution in [0.2, 0.25) is 0 Å². The molecule has 0 atom stereocenters. The van der Waals surface area contributed by atoms with Crippen LogP contribution in [0, 0.1) is 12.3 Å². The van der Waals surface area contributed by atoms with Crippen LogP contribution in [0.4, 0.5) is 5.69 Å². The monoisotopic (exact) mass is 189 g/mol. The first kappa shape index (κ1) is 10.1. The molecule has 0 radical (unpaired) electrons. The van der Waals surface area contributed by atoms with Crippen LogP contribution in [-0.4, -0.2) is 12.6 Å². The first-order valence-corrected chi connectivity index (χ1v) is 4.22. The fraction of sp³-hybridized carbons (Fsp3) is 0.182. The van der Waals surface area contributed by atoms with Crippen LogP contribution in [0.3, 0.4) is 0 Å². The van der Waals surface area contributed by atoms with Crippen LogP contribution in [0.25, 0.3) is 0 Å². The van der Waals surface area contributed by atoms with Gasteiger partial charge in [0.25, 0.3) is 0 Å². The van der Waals surface area contributed by atoms with E-state index in [1.165, 1.54) is 0 Å². The minimum Gasteiger partial charge on any atom is -0.462 e. The minimum absolute atomic E-state index is 0.342. The molecule has 0 fully saturated rings. The molecule has 0 amide bonds. The third kappa shape index (κ3) is 2.05. The molecule has 0 spiro atoms. The van der Waals surface area contributed by atoms with Gasteiger partial charge in [0.15, 0.2) is 0 Å². The zero-order valence-corrected chi connectivity index (χ0v) is 7.91. The van der Waals surface area contributed by atoms with Crippen molar-refractivity contribution >= 4 is 11.7 Å². The van der Waals surface area contributed by atoms with Crippen LogP contribution < -0.4 is 5.73 Å². The first-order valence-electron chi connectivity index (χ1n) is 4.22. The van der Waals surface area contributed by atoms with Gasteiger partial charge in [-0.05, 0) is 25.1 Å². The summed E-state index contributed by atoms with van der Waals surface area (Å²) in [4.78, 5) is 11.3. The van der Waals surface area contributed by atoms with Crippen molar-refractivity contribution < 1.29 is 9.53 Å². The molecule has 1 aromatic rings. The number of nitrogen functional groups attached to an aromatic ring is 1. The molecule has 0 unspecified atom stereocenters. The zero-order chi connectivity index (χ0) is 10.6. The molecule has 0 aliphatic carbocycles. The largest absolute Gasteiger partial charge is 0.462 e. The summed E-state index contributed by atoms with van der Waals surface area (Å²) in [7, 11) is 0. The Hall–Kier alpha value is -1.95. The van der Waals surface area contributed by atoms with E-state index >= 15 is 0 Å². The summed E-state index contributed by atoms with van der Waals surface area (Å²) in [6.45, 7) is 2.09.